The molecule has 0 saturated carbocycles. The molecule has 0 aliphatic heterocycles. The molecule has 1 aliphatic carbocycles. The second kappa shape index (κ2) is 7.48. The van der Waals surface area contributed by atoms with Gasteiger partial charge in [-0.3, -0.25) is 14.7 Å². The number of hydrogen-bond donors (Lipinski definition) is 0. The number of ether oxygens (including phenoxy) is 1. The summed E-state index contributed by atoms with van der Waals surface area (Å²) in [5, 5.41) is 0. The number of para-hydroxylation sites is 2. The van der Waals surface area contributed by atoms with Crippen molar-refractivity contribution in [3.05, 3.63) is 59.7 Å². The quantitative estimate of drug-likeness (QED) is 0.651. The summed E-state index contributed by atoms with van der Waals surface area (Å²) in [6, 6.07) is 12.3. The van der Waals surface area contributed by atoms with Crippen LogP contribution in [0.1, 0.15) is 36.0 Å². The molecule has 6 heteroatoms. The zero-order chi connectivity index (χ0) is 18.8. The standard InChI is InChI=1S/C21H24N4O2/c1-24(18-11-5-7-15-8-6-12-22-21(15)18)13-19-23-16-9-3-4-10-17(16)25(19)14-20(26)27-2/h3-4,6,8-10,12,18H,5,7,11,13-14H2,1-2H3. The van der Waals surface area contributed by atoms with Crippen molar-refractivity contribution in [2.75, 3.05) is 14.2 Å². The number of esters is 1. The molecule has 3 aromatic rings. The van der Waals surface area contributed by atoms with Crippen molar-refractivity contribution in [2.24, 2.45) is 0 Å². The van der Waals surface area contributed by atoms with Gasteiger partial charge in [-0.1, -0.05) is 18.2 Å². The fraction of sp³-hybridized carbons (Fsp3) is 0.381. The first-order chi connectivity index (χ1) is 13.2. The Balaban J connectivity index is 1.65. The largest absolute Gasteiger partial charge is 0.468 e. The number of imidazole rings is 1. The molecule has 2 heterocycles. The summed E-state index contributed by atoms with van der Waals surface area (Å²) in [4.78, 5) is 23.7. The van der Waals surface area contributed by atoms with E-state index in [4.69, 9.17) is 9.72 Å². The number of aryl methyl sites for hydroxylation is 1. The maximum Gasteiger partial charge on any atom is 0.325 e. The molecule has 6 nitrogen and oxygen atoms in total. The zero-order valence-electron chi connectivity index (χ0n) is 15.8. The predicted molar refractivity (Wildman–Crippen MR) is 103 cm³/mol. The lowest BCUT2D eigenvalue weighted by Gasteiger charge is -2.32. The van der Waals surface area contributed by atoms with Crippen molar-refractivity contribution < 1.29 is 9.53 Å². The van der Waals surface area contributed by atoms with E-state index in [2.05, 4.69) is 23.0 Å². The Hall–Kier alpha value is -2.73. The second-order valence-corrected chi connectivity index (χ2v) is 7.05. The van der Waals surface area contributed by atoms with Crippen LogP contribution in [0.5, 0.6) is 0 Å². The molecule has 1 unspecified atom stereocenters. The van der Waals surface area contributed by atoms with Gasteiger partial charge in [0.15, 0.2) is 0 Å². The van der Waals surface area contributed by atoms with E-state index in [0.29, 0.717) is 6.54 Å². The van der Waals surface area contributed by atoms with Crippen molar-refractivity contribution >= 4 is 17.0 Å². The normalized spacial score (nSPS) is 16.5. The van der Waals surface area contributed by atoms with Gasteiger partial charge in [0.25, 0.3) is 0 Å². The molecule has 1 atom stereocenters. The van der Waals surface area contributed by atoms with E-state index < -0.39 is 0 Å². The topological polar surface area (TPSA) is 60.2 Å². The Kier molecular flexibility index (Phi) is 4.90. The van der Waals surface area contributed by atoms with Crippen molar-refractivity contribution in [1.29, 1.82) is 0 Å². The van der Waals surface area contributed by atoms with E-state index in [1.54, 1.807) is 0 Å². The third kappa shape index (κ3) is 3.45. The average molecular weight is 364 g/mol. The third-order valence-electron chi connectivity index (χ3n) is 5.34. The minimum Gasteiger partial charge on any atom is -0.468 e. The highest BCUT2D eigenvalue weighted by Gasteiger charge is 2.26. The third-order valence-corrected chi connectivity index (χ3v) is 5.34. The number of carbonyl (C=O) groups excluding carboxylic acids is 1. The SMILES string of the molecule is COC(=O)Cn1c(CN(C)C2CCCc3cccnc32)nc2ccccc21. The fourth-order valence-electron chi connectivity index (χ4n) is 3.96. The van der Waals surface area contributed by atoms with Crippen LogP contribution >= 0.6 is 0 Å². The summed E-state index contributed by atoms with van der Waals surface area (Å²) >= 11 is 0. The molecule has 1 aliphatic rings. The summed E-state index contributed by atoms with van der Waals surface area (Å²) in [6.45, 7) is 0.812. The zero-order valence-corrected chi connectivity index (χ0v) is 15.8. The van der Waals surface area contributed by atoms with Crippen LogP contribution in [0.2, 0.25) is 0 Å². The number of hydrogen-bond acceptors (Lipinski definition) is 5. The van der Waals surface area contributed by atoms with Crippen molar-refractivity contribution in [2.45, 2.75) is 38.4 Å². The monoisotopic (exact) mass is 364 g/mol. The number of methoxy groups -OCH3 is 1. The summed E-state index contributed by atoms with van der Waals surface area (Å²) in [5.41, 5.74) is 4.35. The number of fused-ring (bicyclic) bond motifs is 2. The van der Waals surface area contributed by atoms with Gasteiger partial charge < -0.3 is 9.30 Å². The van der Waals surface area contributed by atoms with E-state index in [1.807, 2.05) is 41.1 Å². The summed E-state index contributed by atoms with van der Waals surface area (Å²) in [7, 11) is 3.52. The van der Waals surface area contributed by atoms with Crippen LogP contribution in [-0.4, -0.2) is 39.6 Å². The molecular weight excluding hydrogens is 340 g/mol. The molecule has 0 saturated heterocycles. The van der Waals surface area contributed by atoms with Gasteiger partial charge in [0.1, 0.15) is 12.4 Å². The number of nitrogens with zero attached hydrogens (tertiary/aromatic N) is 4. The number of benzene rings is 1. The van der Waals surface area contributed by atoms with E-state index in [9.17, 15) is 4.79 Å². The Bertz CT molecular complexity index is 966. The lowest BCUT2D eigenvalue weighted by atomic mass is 9.91. The van der Waals surface area contributed by atoms with Crippen molar-refractivity contribution in [3.63, 3.8) is 0 Å². The van der Waals surface area contributed by atoms with Crippen LogP contribution < -0.4 is 0 Å². The molecule has 0 fully saturated rings. The highest BCUT2D eigenvalue weighted by Crippen LogP contribution is 2.32. The number of carbonyl (C=O) groups is 1. The molecular formula is C21H24N4O2. The first-order valence-corrected chi connectivity index (χ1v) is 9.32. The van der Waals surface area contributed by atoms with Gasteiger partial charge in [-0.25, -0.2) is 4.98 Å². The fourth-order valence-corrected chi connectivity index (χ4v) is 3.96. The molecule has 0 N–H and O–H groups in total. The smallest absolute Gasteiger partial charge is 0.325 e. The van der Waals surface area contributed by atoms with Gasteiger partial charge in [-0.15, -0.1) is 0 Å². The summed E-state index contributed by atoms with van der Waals surface area (Å²) in [6.07, 6.45) is 5.20. The van der Waals surface area contributed by atoms with Gasteiger partial charge in [0.05, 0.1) is 36.4 Å². The van der Waals surface area contributed by atoms with E-state index >= 15 is 0 Å². The van der Waals surface area contributed by atoms with Gasteiger partial charge >= 0.3 is 5.97 Å². The lowest BCUT2D eigenvalue weighted by molar-refractivity contribution is -0.141. The number of pyridine rings is 1. The number of rotatable bonds is 5. The Morgan fingerprint density at radius 1 is 1.30 bits per heavy atom. The Morgan fingerprint density at radius 2 is 2.15 bits per heavy atom. The van der Waals surface area contributed by atoms with E-state index in [-0.39, 0.29) is 18.6 Å². The molecule has 0 spiro atoms. The minimum absolute atomic E-state index is 0.166. The van der Waals surface area contributed by atoms with Crippen LogP contribution in [0, 0.1) is 0 Å². The van der Waals surface area contributed by atoms with E-state index in [1.165, 1.54) is 18.4 Å². The molecule has 2 aromatic heterocycles. The molecule has 1 aromatic carbocycles. The highest BCUT2D eigenvalue weighted by atomic mass is 16.5. The first-order valence-electron chi connectivity index (χ1n) is 9.32. The number of aromatic nitrogens is 3. The highest BCUT2D eigenvalue weighted by molar-refractivity contribution is 5.78. The second-order valence-electron chi connectivity index (χ2n) is 7.05. The first kappa shape index (κ1) is 17.7. The average Bonchev–Trinajstić information content (AvgIpc) is 3.04. The molecule has 4 rings (SSSR count). The van der Waals surface area contributed by atoms with E-state index in [0.717, 1.165) is 36.1 Å². The van der Waals surface area contributed by atoms with Crippen LogP contribution in [0.3, 0.4) is 0 Å². The molecule has 140 valence electrons. The van der Waals surface area contributed by atoms with Gasteiger partial charge in [-0.05, 0) is 50.1 Å². The van der Waals surface area contributed by atoms with Gasteiger partial charge in [0.2, 0.25) is 0 Å². The molecule has 0 amide bonds. The molecule has 27 heavy (non-hydrogen) atoms. The van der Waals surface area contributed by atoms with Crippen LogP contribution in [0.4, 0.5) is 0 Å². The Labute approximate surface area is 158 Å². The van der Waals surface area contributed by atoms with Gasteiger partial charge in [-0.2, -0.15) is 0 Å². The lowest BCUT2D eigenvalue weighted by Crippen LogP contribution is -2.30. The maximum atomic E-state index is 11.9. The van der Waals surface area contributed by atoms with Crippen LogP contribution in [0.25, 0.3) is 11.0 Å². The summed E-state index contributed by atoms with van der Waals surface area (Å²) < 4.78 is 6.84. The minimum atomic E-state index is -0.272. The van der Waals surface area contributed by atoms with Gasteiger partial charge in [0, 0.05) is 6.20 Å². The molecule has 0 bridgehead atoms. The molecule has 0 radical (unpaired) electrons. The summed E-state index contributed by atoms with van der Waals surface area (Å²) in [5.74, 6) is 0.596. The predicted octanol–water partition coefficient (Wildman–Crippen LogP) is 3.11. The van der Waals surface area contributed by atoms with Crippen molar-refractivity contribution in [1.82, 2.24) is 19.4 Å². The van der Waals surface area contributed by atoms with Crippen molar-refractivity contribution in [3.8, 4) is 0 Å². The Morgan fingerprint density at radius 3 is 3.00 bits per heavy atom. The van der Waals surface area contributed by atoms with Crippen LogP contribution in [0.15, 0.2) is 42.6 Å². The maximum absolute atomic E-state index is 11.9. The van der Waals surface area contributed by atoms with Crippen LogP contribution in [-0.2, 0) is 29.0 Å².